The van der Waals surface area contributed by atoms with Crippen LogP contribution in [0.1, 0.15) is 36.8 Å². The quantitative estimate of drug-likeness (QED) is 0.781. The number of rotatable bonds is 5. The molecule has 0 aromatic carbocycles. The number of amides is 2. The summed E-state index contributed by atoms with van der Waals surface area (Å²) in [6, 6.07) is -0.303. The third-order valence-electron chi connectivity index (χ3n) is 4.00. The molecule has 1 fully saturated rings. The predicted octanol–water partition coefficient (Wildman–Crippen LogP) is 2.50. The highest BCUT2D eigenvalue weighted by molar-refractivity contribution is 7.08. The number of urea groups is 1. The van der Waals surface area contributed by atoms with E-state index in [9.17, 15) is 14.7 Å². The van der Waals surface area contributed by atoms with E-state index >= 15 is 0 Å². The molecule has 1 aromatic rings. The van der Waals surface area contributed by atoms with Crippen LogP contribution in [0.15, 0.2) is 10.8 Å². The summed E-state index contributed by atoms with van der Waals surface area (Å²) in [7, 11) is 0. The fourth-order valence-electron chi connectivity index (χ4n) is 2.57. The van der Waals surface area contributed by atoms with E-state index in [0.29, 0.717) is 19.4 Å². The first kappa shape index (κ1) is 14.8. The highest BCUT2D eigenvalue weighted by atomic mass is 32.1. The van der Waals surface area contributed by atoms with E-state index in [1.54, 1.807) is 11.3 Å². The zero-order valence-corrected chi connectivity index (χ0v) is 12.4. The number of carbonyl (C=O) groups excluding carboxylic acids is 1. The van der Waals surface area contributed by atoms with E-state index in [1.807, 2.05) is 17.7 Å². The molecule has 5 nitrogen and oxygen atoms in total. The maximum absolute atomic E-state index is 11.8. The van der Waals surface area contributed by atoms with Gasteiger partial charge in [-0.25, -0.2) is 4.79 Å². The van der Waals surface area contributed by atoms with Gasteiger partial charge in [-0.15, -0.1) is 0 Å². The molecular formula is C14H20N2O3S. The Hall–Kier alpha value is -1.56. The summed E-state index contributed by atoms with van der Waals surface area (Å²) >= 11 is 1.61. The highest BCUT2D eigenvalue weighted by Crippen LogP contribution is 2.37. The van der Waals surface area contributed by atoms with E-state index in [2.05, 4.69) is 10.6 Å². The van der Waals surface area contributed by atoms with Gasteiger partial charge in [0.15, 0.2) is 0 Å². The number of hydrogen-bond donors (Lipinski definition) is 3. The molecule has 110 valence electrons. The lowest BCUT2D eigenvalue weighted by Crippen LogP contribution is -2.44. The van der Waals surface area contributed by atoms with Crippen molar-refractivity contribution in [2.45, 2.75) is 39.2 Å². The number of hydrogen-bond acceptors (Lipinski definition) is 3. The van der Waals surface area contributed by atoms with Gasteiger partial charge in [-0.2, -0.15) is 11.3 Å². The predicted molar refractivity (Wildman–Crippen MR) is 77.8 cm³/mol. The van der Waals surface area contributed by atoms with Crippen molar-refractivity contribution in [1.82, 2.24) is 10.6 Å². The fourth-order valence-corrected chi connectivity index (χ4v) is 3.43. The van der Waals surface area contributed by atoms with E-state index in [4.69, 9.17) is 0 Å². The van der Waals surface area contributed by atoms with Crippen LogP contribution in [-0.2, 0) is 11.3 Å². The molecular weight excluding hydrogens is 276 g/mol. The maximum Gasteiger partial charge on any atom is 0.315 e. The first-order valence-electron chi connectivity index (χ1n) is 6.80. The molecule has 0 bridgehead atoms. The second-order valence-electron chi connectivity index (χ2n) is 5.41. The fraction of sp³-hybridized carbons (Fsp3) is 0.571. The van der Waals surface area contributed by atoms with Gasteiger partial charge < -0.3 is 15.7 Å². The number of carboxylic acids is 1. The zero-order chi connectivity index (χ0) is 14.6. The van der Waals surface area contributed by atoms with Crippen molar-refractivity contribution >= 4 is 23.3 Å². The molecule has 1 aromatic heterocycles. The molecule has 1 saturated carbocycles. The van der Waals surface area contributed by atoms with Crippen LogP contribution < -0.4 is 10.6 Å². The van der Waals surface area contributed by atoms with Gasteiger partial charge in [-0.05, 0) is 41.7 Å². The standard InChI is InChI=1S/C14H20N2O3S/c1-10-7-20-8-11(10)6-15-13(19)16-9-14(12(17)18)4-2-3-5-14/h7-8H,2-6,9H2,1H3,(H,17,18)(H2,15,16,19). The van der Waals surface area contributed by atoms with Crippen LogP contribution in [0.2, 0.25) is 0 Å². The SMILES string of the molecule is Cc1cscc1CNC(=O)NCC1(C(=O)O)CCCC1. The summed E-state index contributed by atoms with van der Waals surface area (Å²) in [5.74, 6) is -0.802. The van der Waals surface area contributed by atoms with Crippen LogP contribution >= 0.6 is 11.3 Å². The number of nitrogens with one attached hydrogen (secondary N) is 2. The average Bonchev–Trinajstić information content (AvgIpc) is 3.04. The molecule has 6 heteroatoms. The van der Waals surface area contributed by atoms with E-state index < -0.39 is 11.4 Å². The van der Waals surface area contributed by atoms with Gasteiger partial charge >= 0.3 is 12.0 Å². The molecule has 1 aliphatic carbocycles. The van der Waals surface area contributed by atoms with Gasteiger partial charge in [0.1, 0.15) is 0 Å². The number of thiophene rings is 1. The molecule has 0 aliphatic heterocycles. The number of aryl methyl sites for hydroxylation is 1. The van der Waals surface area contributed by atoms with Crippen molar-refractivity contribution in [2.75, 3.05) is 6.54 Å². The largest absolute Gasteiger partial charge is 0.481 e. The normalized spacial score (nSPS) is 16.9. The van der Waals surface area contributed by atoms with Crippen molar-refractivity contribution < 1.29 is 14.7 Å². The lowest BCUT2D eigenvalue weighted by molar-refractivity contribution is -0.148. The molecule has 0 atom stereocenters. The van der Waals surface area contributed by atoms with E-state index in [-0.39, 0.29) is 12.6 Å². The Labute approximate surface area is 122 Å². The van der Waals surface area contributed by atoms with Crippen molar-refractivity contribution in [3.8, 4) is 0 Å². The van der Waals surface area contributed by atoms with E-state index in [0.717, 1.165) is 24.0 Å². The Morgan fingerprint density at radius 2 is 2.00 bits per heavy atom. The number of aliphatic carboxylic acids is 1. The summed E-state index contributed by atoms with van der Waals surface area (Å²) in [5, 5.41) is 18.8. The Morgan fingerprint density at radius 3 is 2.55 bits per heavy atom. The van der Waals surface area contributed by atoms with Crippen molar-refractivity contribution in [3.05, 3.63) is 21.9 Å². The van der Waals surface area contributed by atoms with Crippen LogP contribution in [0, 0.1) is 12.3 Å². The molecule has 2 amide bonds. The Bertz CT molecular complexity index is 492. The van der Waals surface area contributed by atoms with Crippen LogP contribution in [0.4, 0.5) is 4.79 Å². The molecule has 20 heavy (non-hydrogen) atoms. The van der Waals surface area contributed by atoms with Gasteiger partial charge in [0.05, 0.1) is 5.41 Å². The Balaban J connectivity index is 1.80. The maximum atomic E-state index is 11.8. The number of carboxylic acid groups (broad SMARTS) is 1. The first-order valence-corrected chi connectivity index (χ1v) is 7.74. The molecule has 3 N–H and O–H groups in total. The molecule has 2 rings (SSSR count). The minimum absolute atomic E-state index is 0.205. The summed E-state index contributed by atoms with van der Waals surface area (Å²) < 4.78 is 0. The van der Waals surface area contributed by atoms with Crippen LogP contribution in [0.3, 0.4) is 0 Å². The van der Waals surface area contributed by atoms with Gasteiger partial charge in [0.2, 0.25) is 0 Å². The van der Waals surface area contributed by atoms with Crippen LogP contribution in [-0.4, -0.2) is 23.7 Å². The molecule has 0 spiro atoms. The lowest BCUT2D eigenvalue weighted by atomic mass is 9.86. The minimum Gasteiger partial charge on any atom is -0.481 e. The van der Waals surface area contributed by atoms with Crippen molar-refractivity contribution in [1.29, 1.82) is 0 Å². The van der Waals surface area contributed by atoms with Crippen molar-refractivity contribution in [3.63, 3.8) is 0 Å². The van der Waals surface area contributed by atoms with Gasteiger partial charge in [0, 0.05) is 13.1 Å². The summed E-state index contributed by atoms with van der Waals surface area (Å²) in [6.07, 6.45) is 3.13. The third kappa shape index (κ3) is 3.30. The second kappa shape index (κ2) is 6.26. The zero-order valence-electron chi connectivity index (χ0n) is 11.6. The Kier molecular flexibility index (Phi) is 4.65. The van der Waals surface area contributed by atoms with Crippen LogP contribution in [0.5, 0.6) is 0 Å². The average molecular weight is 296 g/mol. The van der Waals surface area contributed by atoms with Crippen LogP contribution in [0.25, 0.3) is 0 Å². The topological polar surface area (TPSA) is 78.4 Å². The first-order chi connectivity index (χ1) is 9.53. The van der Waals surface area contributed by atoms with Gasteiger partial charge in [-0.3, -0.25) is 4.79 Å². The summed E-state index contributed by atoms with van der Waals surface area (Å²) in [6.45, 7) is 2.68. The summed E-state index contributed by atoms with van der Waals surface area (Å²) in [4.78, 5) is 23.1. The molecule has 0 unspecified atom stereocenters. The number of carbonyl (C=O) groups is 2. The minimum atomic E-state index is -0.802. The van der Waals surface area contributed by atoms with E-state index in [1.165, 1.54) is 0 Å². The molecule has 0 saturated heterocycles. The van der Waals surface area contributed by atoms with Crippen molar-refractivity contribution in [2.24, 2.45) is 5.41 Å². The van der Waals surface area contributed by atoms with Gasteiger partial charge in [-0.1, -0.05) is 12.8 Å². The molecule has 1 aliphatic rings. The lowest BCUT2D eigenvalue weighted by Gasteiger charge is -2.24. The third-order valence-corrected chi connectivity index (χ3v) is 4.91. The Morgan fingerprint density at radius 1 is 1.30 bits per heavy atom. The monoisotopic (exact) mass is 296 g/mol. The summed E-state index contributed by atoms with van der Waals surface area (Å²) in [5.41, 5.74) is 1.49. The molecule has 0 radical (unpaired) electrons. The second-order valence-corrected chi connectivity index (χ2v) is 6.15. The smallest absolute Gasteiger partial charge is 0.315 e. The highest BCUT2D eigenvalue weighted by Gasteiger charge is 2.41. The molecule has 1 heterocycles. The van der Waals surface area contributed by atoms with Gasteiger partial charge in [0.25, 0.3) is 0 Å².